The fourth-order valence-electron chi connectivity index (χ4n) is 1.79. The van der Waals surface area contributed by atoms with Gasteiger partial charge in [0, 0.05) is 12.6 Å². The summed E-state index contributed by atoms with van der Waals surface area (Å²) in [5, 5.41) is 0. The van der Waals surface area contributed by atoms with Gasteiger partial charge in [-0.15, -0.1) is 12.4 Å². The van der Waals surface area contributed by atoms with E-state index in [0.29, 0.717) is 12.1 Å². The van der Waals surface area contributed by atoms with E-state index < -0.39 is 0 Å². The maximum absolute atomic E-state index is 5.97. The molecule has 0 aromatic heterocycles. The summed E-state index contributed by atoms with van der Waals surface area (Å²) in [6, 6.07) is 0.293. The first-order valence-electron chi connectivity index (χ1n) is 5.57. The van der Waals surface area contributed by atoms with Crippen LogP contribution in [0.5, 0.6) is 0 Å². The van der Waals surface area contributed by atoms with Crippen LogP contribution in [0, 0.1) is 5.92 Å². The third-order valence-corrected chi connectivity index (χ3v) is 2.78. The van der Waals surface area contributed by atoms with Crippen molar-refractivity contribution in [3.63, 3.8) is 0 Å². The Balaban J connectivity index is 0.00000169. The Morgan fingerprint density at radius 1 is 1.29 bits per heavy atom. The van der Waals surface area contributed by atoms with Crippen molar-refractivity contribution < 1.29 is 4.74 Å². The molecule has 0 aromatic carbocycles. The van der Waals surface area contributed by atoms with Gasteiger partial charge in [0.25, 0.3) is 0 Å². The van der Waals surface area contributed by atoms with Crippen LogP contribution < -0.4 is 5.73 Å². The molecule has 2 N–H and O–H groups in total. The normalized spacial score (nSPS) is 27.4. The number of rotatable bonds is 4. The molecule has 1 aliphatic carbocycles. The van der Waals surface area contributed by atoms with Crippen LogP contribution in [0.3, 0.4) is 0 Å². The monoisotopic (exact) mass is 221 g/mol. The minimum absolute atomic E-state index is 0. The maximum Gasteiger partial charge on any atom is 0.0725 e. The van der Waals surface area contributed by atoms with Gasteiger partial charge in [0.15, 0.2) is 0 Å². The lowest BCUT2D eigenvalue weighted by Gasteiger charge is -2.28. The first-order chi connectivity index (χ1) is 6.20. The molecule has 2 atom stereocenters. The zero-order valence-electron chi connectivity index (χ0n) is 9.37. The number of hydrogen-bond donors (Lipinski definition) is 1. The molecule has 0 radical (unpaired) electrons. The van der Waals surface area contributed by atoms with Crippen LogP contribution in [0.2, 0.25) is 0 Å². The van der Waals surface area contributed by atoms with E-state index in [0.717, 1.165) is 25.4 Å². The van der Waals surface area contributed by atoms with E-state index in [9.17, 15) is 0 Å². The summed E-state index contributed by atoms with van der Waals surface area (Å²) in [5.74, 6) is 0.736. The summed E-state index contributed by atoms with van der Waals surface area (Å²) in [4.78, 5) is 0. The minimum atomic E-state index is 0. The molecular formula is C11H24ClNO. The summed E-state index contributed by atoms with van der Waals surface area (Å²) in [6.45, 7) is 5.34. The Morgan fingerprint density at radius 2 is 1.93 bits per heavy atom. The molecule has 1 saturated carbocycles. The lowest BCUT2D eigenvalue weighted by molar-refractivity contribution is 0.0102. The van der Waals surface area contributed by atoms with Crippen molar-refractivity contribution in [1.82, 2.24) is 0 Å². The van der Waals surface area contributed by atoms with Crippen molar-refractivity contribution in [2.45, 2.75) is 58.1 Å². The van der Waals surface area contributed by atoms with Gasteiger partial charge in [-0.25, -0.2) is 0 Å². The summed E-state index contributed by atoms with van der Waals surface area (Å²) < 4.78 is 5.78. The average Bonchev–Trinajstić information content (AvgIpc) is 2.08. The van der Waals surface area contributed by atoms with Crippen LogP contribution in [0.1, 0.15) is 46.0 Å². The number of hydrogen-bond acceptors (Lipinski definition) is 2. The highest BCUT2D eigenvalue weighted by molar-refractivity contribution is 5.85. The minimum Gasteiger partial charge on any atom is -0.377 e. The fraction of sp³-hybridized carbons (Fsp3) is 1.00. The van der Waals surface area contributed by atoms with Crippen LogP contribution in [0.25, 0.3) is 0 Å². The fourth-order valence-corrected chi connectivity index (χ4v) is 1.79. The van der Waals surface area contributed by atoms with Crippen molar-refractivity contribution in [3.8, 4) is 0 Å². The van der Waals surface area contributed by atoms with E-state index >= 15 is 0 Å². The average molecular weight is 222 g/mol. The van der Waals surface area contributed by atoms with Crippen LogP contribution >= 0.6 is 12.4 Å². The summed E-state index contributed by atoms with van der Waals surface area (Å²) >= 11 is 0. The third-order valence-electron chi connectivity index (χ3n) is 2.78. The van der Waals surface area contributed by atoms with Gasteiger partial charge in [-0.2, -0.15) is 0 Å². The van der Waals surface area contributed by atoms with Crippen LogP contribution in [0.15, 0.2) is 0 Å². The molecule has 86 valence electrons. The second kappa shape index (κ2) is 7.49. The van der Waals surface area contributed by atoms with Gasteiger partial charge >= 0.3 is 0 Å². The molecule has 0 heterocycles. The number of ether oxygens (including phenoxy) is 1. The molecular weight excluding hydrogens is 198 g/mol. The highest BCUT2D eigenvalue weighted by atomic mass is 35.5. The quantitative estimate of drug-likeness (QED) is 0.793. The van der Waals surface area contributed by atoms with Gasteiger partial charge in [-0.1, -0.05) is 26.7 Å². The van der Waals surface area contributed by atoms with E-state index in [2.05, 4.69) is 13.8 Å². The maximum atomic E-state index is 5.97. The Morgan fingerprint density at radius 3 is 2.50 bits per heavy atom. The molecule has 1 fully saturated rings. The van der Waals surface area contributed by atoms with E-state index in [1.807, 2.05) is 0 Å². The van der Waals surface area contributed by atoms with E-state index in [4.69, 9.17) is 10.5 Å². The molecule has 1 aliphatic rings. The largest absolute Gasteiger partial charge is 0.377 e. The molecule has 2 unspecified atom stereocenters. The molecule has 0 aliphatic heterocycles. The lowest BCUT2D eigenvalue weighted by Crippen LogP contribution is -2.39. The standard InChI is InChI=1S/C11H23NO.ClH/c1-9(2)7-8-13-11-6-4-3-5-10(11)12;/h9-11H,3-8,12H2,1-2H3;1H. The second-order valence-corrected chi connectivity index (χ2v) is 4.54. The SMILES string of the molecule is CC(C)CCOC1CCCCC1N.Cl. The second-order valence-electron chi connectivity index (χ2n) is 4.54. The smallest absolute Gasteiger partial charge is 0.0725 e. The first-order valence-corrected chi connectivity index (χ1v) is 5.57. The molecule has 14 heavy (non-hydrogen) atoms. The molecule has 3 heteroatoms. The molecule has 0 saturated heterocycles. The predicted molar refractivity (Wildman–Crippen MR) is 62.9 cm³/mol. The van der Waals surface area contributed by atoms with Crippen molar-refractivity contribution in [1.29, 1.82) is 0 Å². The van der Waals surface area contributed by atoms with Gasteiger partial charge in [-0.3, -0.25) is 0 Å². The lowest BCUT2D eigenvalue weighted by atomic mass is 9.93. The zero-order chi connectivity index (χ0) is 9.68. The van der Waals surface area contributed by atoms with E-state index in [1.54, 1.807) is 0 Å². The topological polar surface area (TPSA) is 35.2 Å². The number of nitrogens with two attached hydrogens (primary N) is 1. The highest BCUT2D eigenvalue weighted by Gasteiger charge is 2.21. The van der Waals surface area contributed by atoms with Crippen molar-refractivity contribution in [2.75, 3.05) is 6.61 Å². The van der Waals surface area contributed by atoms with Gasteiger partial charge in [0.1, 0.15) is 0 Å². The highest BCUT2D eigenvalue weighted by Crippen LogP contribution is 2.20. The van der Waals surface area contributed by atoms with E-state index in [-0.39, 0.29) is 12.4 Å². The molecule has 0 spiro atoms. The van der Waals surface area contributed by atoms with Crippen molar-refractivity contribution in [2.24, 2.45) is 11.7 Å². The Labute approximate surface area is 94.0 Å². The summed E-state index contributed by atoms with van der Waals surface area (Å²) in [6.07, 6.45) is 6.38. The molecule has 0 amide bonds. The van der Waals surface area contributed by atoms with Gasteiger partial charge in [-0.05, 0) is 25.2 Å². The van der Waals surface area contributed by atoms with Crippen LogP contribution in [0.4, 0.5) is 0 Å². The van der Waals surface area contributed by atoms with Gasteiger partial charge in [0.2, 0.25) is 0 Å². The predicted octanol–water partition coefficient (Wildman–Crippen LogP) is 2.74. The van der Waals surface area contributed by atoms with Gasteiger partial charge in [0.05, 0.1) is 6.10 Å². The van der Waals surface area contributed by atoms with Crippen LogP contribution in [-0.4, -0.2) is 18.8 Å². The third kappa shape index (κ3) is 5.18. The molecule has 2 nitrogen and oxygen atoms in total. The molecule has 0 bridgehead atoms. The number of halogens is 1. The van der Waals surface area contributed by atoms with Crippen molar-refractivity contribution in [3.05, 3.63) is 0 Å². The first kappa shape index (κ1) is 14.2. The van der Waals surface area contributed by atoms with Crippen LogP contribution in [-0.2, 0) is 4.74 Å². The van der Waals surface area contributed by atoms with Gasteiger partial charge < -0.3 is 10.5 Å². The van der Waals surface area contributed by atoms with E-state index in [1.165, 1.54) is 19.3 Å². The zero-order valence-corrected chi connectivity index (χ0v) is 10.2. The molecule has 1 rings (SSSR count). The summed E-state index contributed by atoms with van der Waals surface area (Å²) in [5.41, 5.74) is 5.97. The Hall–Kier alpha value is 0.210. The molecule has 0 aromatic rings. The Kier molecular flexibility index (Phi) is 7.61. The Bertz CT molecular complexity index is 141. The summed E-state index contributed by atoms with van der Waals surface area (Å²) in [7, 11) is 0. The van der Waals surface area contributed by atoms with Crippen molar-refractivity contribution >= 4 is 12.4 Å².